The van der Waals surface area contributed by atoms with E-state index in [-0.39, 0.29) is 18.2 Å². The highest BCUT2D eigenvalue weighted by atomic mass is 16.5. The van der Waals surface area contributed by atoms with Crippen molar-refractivity contribution in [3.05, 3.63) is 6.20 Å². The summed E-state index contributed by atoms with van der Waals surface area (Å²) in [4.78, 5) is 14.8. The number of nitrogens with two attached hydrogens (primary N) is 1. The molecule has 1 heterocycles. The molecular weight excluding hydrogens is 186 g/mol. The molecule has 0 radical (unpaired) electrons. The number of aryl methyl sites for hydroxylation is 1. The Bertz CT molecular complexity index is 313. The number of nitrogens with zero attached hydrogens (tertiary/aromatic N) is 2. The quantitative estimate of drug-likeness (QED) is 0.651. The summed E-state index contributed by atoms with van der Waals surface area (Å²) in [7, 11) is 1.69. The number of imidazole rings is 1. The lowest BCUT2D eigenvalue weighted by Gasteiger charge is -2.01. The molecule has 1 aromatic rings. The summed E-state index contributed by atoms with van der Waals surface area (Å²) in [6.45, 7) is 1.51. The fraction of sp³-hybridized carbons (Fsp3) is 0.500. The van der Waals surface area contributed by atoms with E-state index in [0.29, 0.717) is 0 Å². The van der Waals surface area contributed by atoms with Gasteiger partial charge in [-0.3, -0.25) is 4.79 Å². The van der Waals surface area contributed by atoms with E-state index >= 15 is 0 Å². The highest BCUT2D eigenvalue weighted by Gasteiger charge is 2.11. The van der Waals surface area contributed by atoms with Crippen LogP contribution in [-0.2, 0) is 11.8 Å². The topological polar surface area (TPSA) is 90.4 Å². The number of hydrogen-bond acceptors (Lipinski definition) is 5. The Morgan fingerprint density at radius 3 is 2.93 bits per heavy atom. The van der Waals surface area contributed by atoms with E-state index in [2.05, 4.69) is 4.98 Å². The molecule has 0 saturated heterocycles. The lowest BCUT2D eigenvalue weighted by molar-refractivity contribution is -0.136. The van der Waals surface area contributed by atoms with Gasteiger partial charge in [-0.25, -0.2) is 0 Å². The van der Waals surface area contributed by atoms with Crippen molar-refractivity contribution in [1.82, 2.24) is 9.55 Å². The standard InChI is InChI=1S/C8H13N3O3/c1-5(12)3-7(13)14-6-4-11(2)8(9)10-6/h4-5,12H,3H2,1-2H3,(H2,9,10). The maximum Gasteiger partial charge on any atom is 0.315 e. The highest BCUT2D eigenvalue weighted by Crippen LogP contribution is 2.11. The van der Waals surface area contributed by atoms with Crippen molar-refractivity contribution < 1.29 is 14.6 Å². The molecule has 0 aromatic carbocycles. The number of aromatic nitrogens is 2. The van der Waals surface area contributed by atoms with Crippen molar-refractivity contribution >= 4 is 11.9 Å². The number of nitrogen functional groups attached to an aromatic ring is 1. The Labute approximate surface area is 81.3 Å². The summed E-state index contributed by atoms with van der Waals surface area (Å²) >= 11 is 0. The second kappa shape index (κ2) is 4.10. The number of esters is 1. The second-order valence-corrected chi connectivity index (χ2v) is 3.08. The first kappa shape index (κ1) is 10.5. The molecule has 0 amide bonds. The van der Waals surface area contributed by atoms with Crippen LogP contribution in [0.1, 0.15) is 13.3 Å². The van der Waals surface area contributed by atoms with Crippen molar-refractivity contribution in [3.8, 4) is 5.88 Å². The van der Waals surface area contributed by atoms with Crippen LogP contribution in [0.4, 0.5) is 5.95 Å². The van der Waals surface area contributed by atoms with E-state index in [4.69, 9.17) is 15.6 Å². The monoisotopic (exact) mass is 199 g/mol. The van der Waals surface area contributed by atoms with Crippen molar-refractivity contribution in [1.29, 1.82) is 0 Å². The summed E-state index contributed by atoms with van der Waals surface area (Å²) in [6.07, 6.45) is 0.717. The van der Waals surface area contributed by atoms with E-state index in [9.17, 15) is 4.79 Å². The lowest BCUT2D eigenvalue weighted by Crippen LogP contribution is -2.15. The van der Waals surface area contributed by atoms with Crippen LogP contribution in [0.2, 0.25) is 0 Å². The molecule has 0 bridgehead atoms. The summed E-state index contributed by atoms with van der Waals surface area (Å²) in [6, 6.07) is 0. The van der Waals surface area contributed by atoms with Crippen LogP contribution in [0.5, 0.6) is 5.88 Å². The third kappa shape index (κ3) is 2.74. The third-order valence-corrected chi connectivity index (χ3v) is 1.57. The van der Waals surface area contributed by atoms with Gasteiger partial charge in [0.1, 0.15) is 0 Å². The summed E-state index contributed by atoms with van der Waals surface area (Å²) in [5, 5.41) is 8.91. The van der Waals surface area contributed by atoms with Crippen LogP contribution in [0.3, 0.4) is 0 Å². The minimum Gasteiger partial charge on any atom is -0.406 e. The maximum absolute atomic E-state index is 11.1. The van der Waals surface area contributed by atoms with E-state index in [1.165, 1.54) is 17.7 Å². The number of anilines is 1. The van der Waals surface area contributed by atoms with Crippen LogP contribution < -0.4 is 10.5 Å². The molecule has 0 saturated carbocycles. The Balaban J connectivity index is 2.56. The number of rotatable bonds is 3. The largest absolute Gasteiger partial charge is 0.406 e. The molecule has 1 atom stereocenters. The zero-order chi connectivity index (χ0) is 10.7. The van der Waals surface area contributed by atoms with Gasteiger partial charge in [-0.2, -0.15) is 4.98 Å². The van der Waals surface area contributed by atoms with Crippen LogP contribution in [0.15, 0.2) is 6.20 Å². The molecule has 0 aliphatic heterocycles. The maximum atomic E-state index is 11.1. The van der Waals surface area contributed by atoms with Gasteiger partial charge in [0.15, 0.2) is 0 Å². The van der Waals surface area contributed by atoms with Crippen LogP contribution in [0.25, 0.3) is 0 Å². The van der Waals surface area contributed by atoms with Crippen LogP contribution in [0, 0.1) is 0 Å². The molecule has 6 nitrogen and oxygen atoms in total. The van der Waals surface area contributed by atoms with Gasteiger partial charge in [-0.1, -0.05) is 0 Å². The molecule has 0 aliphatic carbocycles. The van der Waals surface area contributed by atoms with E-state index < -0.39 is 12.1 Å². The van der Waals surface area contributed by atoms with Gasteiger partial charge < -0.3 is 20.1 Å². The Hall–Kier alpha value is -1.56. The smallest absolute Gasteiger partial charge is 0.315 e. The van der Waals surface area contributed by atoms with E-state index in [1.54, 1.807) is 7.05 Å². The van der Waals surface area contributed by atoms with Gasteiger partial charge in [0.05, 0.1) is 18.7 Å². The first-order valence-corrected chi connectivity index (χ1v) is 4.16. The van der Waals surface area contributed by atoms with Crippen molar-refractivity contribution in [2.45, 2.75) is 19.4 Å². The van der Waals surface area contributed by atoms with E-state index in [1.807, 2.05) is 0 Å². The zero-order valence-corrected chi connectivity index (χ0v) is 8.10. The average molecular weight is 199 g/mol. The fourth-order valence-electron chi connectivity index (χ4n) is 0.901. The molecule has 3 N–H and O–H groups in total. The zero-order valence-electron chi connectivity index (χ0n) is 8.10. The molecule has 6 heteroatoms. The molecule has 1 rings (SSSR count). The van der Waals surface area contributed by atoms with Gasteiger partial charge in [-0.15, -0.1) is 0 Å². The number of carbonyl (C=O) groups is 1. The van der Waals surface area contributed by atoms with Crippen LogP contribution in [-0.4, -0.2) is 26.7 Å². The van der Waals surface area contributed by atoms with Gasteiger partial charge in [-0.05, 0) is 6.92 Å². The number of carbonyl (C=O) groups excluding carboxylic acids is 1. The van der Waals surface area contributed by atoms with Crippen molar-refractivity contribution in [2.24, 2.45) is 7.05 Å². The van der Waals surface area contributed by atoms with Gasteiger partial charge in [0.25, 0.3) is 0 Å². The summed E-state index contributed by atoms with van der Waals surface area (Å²) in [5.74, 6) is -0.112. The Morgan fingerprint density at radius 2 is 2.50 bits per heavy atom. The first-order chi connectivity index (χ1) is 6.49. The van der Waals surface area contributed by atoms with Crippen LogP contribution >= 0.6 is 0 Å². The molecule has 78 valence electrons. The van der Waals surface area contributed by atoms with Gasteiger partial charge in [0.2, 0.25) is 11.8 Å². The highest BCUT2D eigenvalue weighted by molar-refractivity contribution is 5.72. The van der Waals surface area contributed by atoms with E-state index in [0.717, 1.165) is 0 Å². The molecule has 0 fully saturated rings. The predicted molar refractivity (Wildman–Crippen MR) is 49.6 cm³/mol. The average Bonchev–Trinajstić information content (AvgIpc) is 2.28. The predicted octanol–water partition coefficient (Wildman–Crippen LogP) is -0.321. The number of aliphatic hydroxyl groups excluding tert-OH is 1. The van der Waals surface area contributed by atoms with Crippen molar-refractivity contribution in [2.75, 3.05) is 5.73 Å². The molecule has 0 spiro atoms. The number of hydrogen-bond donors (Lipinski definition) is 2. The summed E-state index contributed by atoms with van der Waals surface area (Å²) in [5.41, 5.74) is 5.43. The Morgan fingerprint density at radius 1 is 1.86 bits per heavy atom. The second-order valence-electron chi connectivity index (χ2n) is 3.08. The molecule has 1 aromatic heterocycles. The molecule has 0 aliphatic rings. The molecular formula is C8H13N3O3. The number of aliphatic hydroxyl groups is 1. The van der Waals surface area contributed by atoms with Gasteiger partial charge >= 0.3 is 5.97 Å². The number of ether oxygens (including phenoxy) is 1. The first-order valence-electron chi connectivity index (χ1n) is 4.16. The normalized spacial score (nSPS) is 12.5. The molecule has 14 heavy (non-hydrogen) atoms. The SMILES string of the molecule is CC(O)CC(=O)Oc1cn(C)c(N)n1. The van der Waals surface area contributed by atoms with Gasteiger partial charge in [0, 0.05) is 7.05 Å². The third-order valence-electron chi connectivity index (χ3n) is 1.57. The lowest BCUT2D eigenvalue weighted by atomic mass is 10.3. The fourth-order valence-corrected chi connectivity index (χ4v) is 0.901. The minimum atomic E-state index is -0.719. The minimum absolute atomic E-state index is 0.0590. The summed E-state index contributed by atoms with van der Waals surface area (Å²) < 4.78 is 6.35. The van der Waals surface area contributed by atoms with Crippen molar-refractivity contribution in [3.63, 3.8) is 0 Å². The Kier molecular flexibility index (Phi) is 3.08. The molecule has 1 unspecified atom stereocenters.